The molecule has 1 aliphatic rings. The molecule has 0 aliphatic heterocycles. The van der Waals surface area contributed by atoms with Crippen LogP contribution in [0, 0.1) is 5.41 Å². The molecule has 28 heavy (non-hydrogen) atoms. The summed E-state index contributed by atoms with van der Waals surface area (Å²) in [6, 6.07) is 0.600. The van der Waals surface area contributed by atoms with Crippen LogP contribution in [0.3, 0.4) is 0 Å². The van der Waals surface area contributed by atoms with Gasteiger partial charge in [-0.25, -0.2) is 0 Å². The molecule has 1 fully saturated rings. The van der Waals surface area contributed by atoms with Crippen molar-refractivity contribution in [2.24, 2.45) is 17.5 Å². The average molecular weight is 506 g/mol. The van der Waals surface area contributed by atoms with Gasteiger partial charge in [-0.3, -0.25) is 9.67 Å². The Labute approximate surface area is 187 Å². The number of rotatable bonds is 9. The van der Waals surface area contributed by atoms with Crippen LogP contribution in [-0.2, 0) is 11.8 Å². The number of aryl methyl sites for hydroxylation is 1. The number of nitrogens with zero attached hydrogens (tertiary/aromatic N) is 4. The first kappa shape index (κ1) is 25.2. The van der Waals surface area contributed by atoms with Gasteiger partial charge in [-0.05, 0) is 26.9 Å². The van der Waals surface area contributed by atoms with Crippen LogP contribution in [0.2, 0.25) is 0 Å². The van der Waals surface area contributed by atoms with Gasteiger partial charge in [-0.1, -0.05) is 27.2 Å². The summed E-state index contributed by atoms with van der Waals surface area (Å²) >= 11 is 0. The van der Waals surface area contributed by atoms with E-state index in [1.165, 1.54) is 12.0 Å². The van der Waals surface area contributed by atoms with E-state index in [1.807, 2.05) is 25.0 Å². The molecule has 0 aromatic carbocycles. The molecule has 0 radical (unpaired) electrons. The minimum absolute atomic E-state index is 0. The standard InChI is InChI=1S/C20H38N6O.HI/c1-8-9-10-27-18-11-17(20(18,2)3)24-19(21-4)22-13-16(25(5)6)15-12-23-26(7)14-15;/h12,14,16-18H,8-11,13H2,1-7H3,(H2,21,22,24);1H. The van der Waals surface area contributed by atoms with Crippen LogP contribution < -0.4 is 10.6 Å². The molecular formula is C20H39IN6O. The second-order valence-corrected chi connectivity index (χ2v) is 8.35. The van der Waals surface area contributed by atoms with Gasteiger partial charge in [-0.2, -0.15) is 5.10 Å². The average Bonchev–Trinajstić information content (AvgIpc) is 3.04. The van der Waals surface area contributed by atoms with Gasteiger partial charge in [0.1, 0.15) is 0 Å². The van der Waals surface area contributed by atoms with E-state index in [1.54, 1.807) is 0 Å². The fraction of sp³-hybridized carbons (Fsp3) is 0.800. The van der Waals surface area contributed by atoms with E-state index in [2.05, 4.69) is 66.7 Å². The van der Waals surface area contributed by atoms with Crippen molar-refractivity contribution in [2.75, 3.05) is 34.3 Å². The number of aromatic nitrogens is 2. The molecule has 1 aromatic heterocycles. The summed E-state index contributed by atoms with van der Waals surface area (Å²) in [7, 11) is 7.94. The first-order chi connectivity index (χ1) is 12.8. The Morgan fingerprint density at radius 2 is 2.18 bits per heavy atom. The van der Waals surface area contributed by atoms with Crippen molar-refractivity contribution < 1.29 is 4.74 Å². The molecular weight excluding hydrogens is 467 g/mol. The molecule has 2 N–H and O–H groups in total. The van der Waals surface area contributed by atoms with Gasteiger partial charge in [0.05, 0.1) is 18.3 Å². The van der Waals surface area contributed by atoms with Crippen LogP contribution in [0.25, 0.3) is 0 Å². The Morgan fingerprint density at radius 1 is 1.46 bits per heavy atom. The molecule has 1 saturated carbocycles. The summed E-state index contributed by atoms with van der Waals surface area (Å²) in [6.07, 6.45) is 7.65. The van der Waals surface area contributed by atoms with E-state index in [0.29, 0.717) is 12.1 Å². The van der Waals surface area contributed by atoms with Crippen molar-refractivity contribution in [2.45, 2.75) is 58.2 Å². The molecule has 1 aliphatic carbocycles. The molecule has 0 bridgehead atoms. The first-order valence-electron chi connectivity index (χ1n) is 10.0. The molecule has 2 rings (SSSR count). The summed E-state index contributed by atoms with van der Waals surface area (Å²) < 4.78 is 7.89. The van der Waals surface area contributed by atoms with Gasteiger partial charge in [0, 0.05) is 50.5 Å². The highest BCUT2D eigenvalue weighted by molar-refractivity contribution is 14.0. The zero-order valence-electron chi connectivity index (χ0n) is 18.5. The number of likely N-dealkylation sites (N-methyl/N-ethyl adjacent to an activating group) is 1. The summed E-state index contributed by atoms with van der Waals surface area (Å²) in [5, 5.41) is 11.4. The van der Waals surface area contributed by atoms with E-state index in [9.17, 15) is 0 Å². The van der Waals surface area contributed by atoms with Crippen molar-refractivity contribution in [1.29, 1.82) is 0 Å². The van der Waals surface area contributed by atoms with Crippen LogP contribution >= 0.6 is 24.0 Å². The van der Waals surface area contributed by atoms with Crippen molar-refractivity contribution in [3.63, 3.8) is 0 Å². The van der Waals surface area contributed by atoms with Crippen LogP contribution in [0.5, 0.6) is 0 Å². The minimum Gasteiger partial charge on any atom is -0.378 e. The third-order valence-electron chi connectivity index (χ3n) is 5.73. The summed E-state index contributed by atoms with van der Waals surface area (Å²) in [4.78, 5) is 6.62. The zero-order chi connectivity index (χ0) is 20.0. The molecule has 0 saturated heterocycles. The van der Waals surface area contributed by atoms with E-state index < -0.39 is 0 Å². The van der Waals surface area contributed by atoms with Gasteiger partial charge in [0.15, 0.2) is 5.96 Å². The number of ether oxygens (including phenoxy) is 1. The van der Waals surface area contributed by atoms with Crippen LogP contribution in [0.1, 0.15) is 51.6 Å². The van der Waals surface area contributed by atoms with Crippen LogP contribution in [-0.4, -0.2) is 67.1 Å². The normalized spacial score (nSPS) is 22.4. The van der Waals surface area contributed by atoms with E-state index >= 15 is 0 Å². The maximum atomic E-state index is 6.05. The lowest BCUT2D eigenvalue weighted by atomic mass is 9.64. The number of unbranched alkanes of at least 4 members (excludes halogenated alkanes) is 1. The molecule has 3 atom stereocenters. The number of guanidine groups is 1. The monoisotopic (exact) mass is 506 g/mol. The highest BCUT2D eigenvalue weighted by Crippen LogP contribution is 2.42. The second kappa shape index (κ2) is 11.3. The van der Waals surface area contributed by atoms with Gasteiger partial charge >= 0.3 is 0 Å². The molecule has 0 spiro atoms. The highest BCUT2D eigenvalue weighted by atomic mass is 127. The smallest absolute Gasteiger partial charge is 0.191 e. The lowest BCUT2D eigenvalue weighted by Gasteiger charge is -2.52. The Balaban J connectivity index is 0.00000392. The highest BCUT2D eigenvalue weighted by Gasteiger charge is 2.49. The van der Waals surface area contributed by atoms with Gasteiger partial charge in [0.25, 0.3) is 0 Å². The zero-order valence-corrected chi connectivity index (χ0v) is 20.9. The van der Waals surface area contributed by atoms with E-state index in [-0.39, 0.29) is 35.4 Å². The Hall–Kier alpha value is -0.870. The van der Waals surface area contributed by atoms with Gasteiger partial charge in [-0.15, -0.1) is 24.0 Å². The first-order valence-corrected chi connectivity index (χ1v) is 10.0. The van der Waals surface area contributed by atoms with Crippen molar-refractivity contribution in [1.82, 2.24) is 25.3 Å². The molecule has 1 aromatic rings. The Kier molecular flexibility index (Phi) is 10.2. The number of halogens is 1. The number of hydrogen-bond donors (Lipinski definition) is 2. The third-order valence-corrected chi connectivity index (χ3v) is 5.73. The predicted molar refractivity (Wildman–Crippen MR) is 126 cm³/mol. The van der Waals surface area contributed by atoms with Crippen molar-refractivity contribution in [3.8, 4) is 0 Å². The maximum absolute atomic E-state index is 6.05. The second-order valence-electron chi connectivity index (χ2n) is 8.35. The van der Waals surface area contributed by atoms with E-state index in [0.717, 1.165) is 32.0 Å². The van der Waals surface area contributed by atoms with Crippen molar-refractivity contribution in [3.05, 3.63) is 18.0 Å². The molecule has 7 nitrogen and oxygen atoms in total. The topological polar surface area (TPSA) is 66.7 Å². The fourth-order valence-corrected chi connectivity index (χ4v) is 3.55. The maximum Gasteiger partial charge on any atom is 0.191 e. The molecule has 162 valence electrons. The lowest BCUT2D eigenvalue weighted by molar-refractivity contribution is -0.113. The third kappa shape index (κ3) is 6.32. The van der Waals surface area contributed by atoms with Gasteiger partial charge < -0.3 is 20.3 Å². The Bertz CT molecular complexity index is 616. The quantitative estimate of drug-likeness (QED) is 0.234. The molecule has 1 heterocycles. The fourth-order valence-electron chi connectivity index (χ4n) is 3.55. The number of hydrogen-bond acceptors (Lipinski definition) is 4. The predicted octanol–water partition coefficient (Wildman–Crippen LogP) is 2.79. The van der Waals surface area contributed by atoms with Crippen molar-refractivity contribution >= 4 is 29.9 Å². The number of aliphatic imine (C=N–C) groups is 1. The van der Waals surface area contributed by atoms with E-state index in [4.69, 9.17) is 4.74 Å². The largest absolute Gasteiger partial charge is 0.378 e. The molecule has 3 unspecified atom stereocenters. The molecule has 8 heteroatoms. The molecule has 0 amide bonds. The summed E-state index contributed by atoms with van der Waals surface area (Å²) in [5.41, 5.74) is 1.30. The lowest BCUT2D eigenvalue weighted by Crippen LogP contribution is -2.63. The van der Waals surface area contributed by atoms with Crippen LogP contribution in [0.15, 0.2) is 17.4 Å². The summed E-state index contributed by atoms with van der Waals surface area (Å²) in [6.45, 7) is 8.37. The van der Waals surface area contributed by atoms with Crippen LogP contribution in [0.4, 0.5) is 0 Å². The SMILES string of the molecule is CCCCOC1CC(NC(=NC)NCC(c2cnn(C)c2)N(C)C)C1(C)C.I. The minimum atomic E-state index is 0. The number of nitrogens with one attached hydrogen (secondary N) is 2. The Morgan fingerprint density at radius 3 is 2.68 bits per heavy atom. The van der Waals surface area contributed by atoms with Gasteiger partial charge in [0.2, 0.25) is 0 Å². The summed E-state index contributed by atoms with van der Waals surface area (Å²) in [5.74, 6) is 0.843.